The van der Waals surface area contributed by atoms with Crippen molar-refractivity contribution in [2.75, 3.05) is 11.9 Å². The van der Waals surface area contributed by atoms with Crippen molar-refractivity contribution in [3.8, 4) is 0 Å². The molecular formula is C21H30ClN5O4. The van der Waals surface area contributed by atoms with Crippen molar-refractivity contribution >= 4 is 35.1 Å². The van der Waals surface area contributed by atoms with Crippen molar-refractivity contribution in [3.05, 3.63) is 23.0 Å². The highest BCUT2D eigenvalue weighted by molar-refractivity contribution is 6.30. The molecule has 2 aromatic rings. The second-order valence-corrected chi connectivity index (χ2v) is 9.77. The average molecular weight is 452 g/mol. The Bertz CT molecular complexity index is 982. The summed E-state index contributed by atoms with van der Waals surface area (Å²) in [5.74, 6) is -0.0287. The molecule has 170 valence electrons. The molecule has 1 aliphatic rings. The summed E-state index contributed by atoms with van der Waals surface area (Å²) in [5, 5.41) is 17.8. The number of hydrogen-bond acceptors (Lipinski definition) is 6. The van der Waals surface area contributed by atoms with Gasteiger partial charge in [-0.15, -0.1) is 0 Å². The first kappa shape index (κ1) is 23.3. The highest BCUT2D eigenvalue weighted by Gasteiger charge is 2.30. The van der Waals surface area contributed by atoms with Crippen molar-refractivity contribution in [1.29, 1.82) is 0 Å². The largest absolute Gasteiger partial charge is 0.443 e. The molecule has 9 nitrogen and oxygen atoms in total. The zero-order valence-corrected chi connectivity index (χ0v) is 19.4. The number of nitrogens with one attached hydrogen (secondary N) is 1. The first-order chi connectivity index (χ1) is 14.4. The molecule has 2 heterocycles. The molecule has 1 aliphatic carbocycles. The summed E-state index contributed by atoms with van der Waals surface area (Å²) in [6.45, 7) is 7.12. The molecule has 2 N–H and O–H groups in total. The van der Waals surface area contributed by atoms with Gasteiger partial charge in [-0.25, -0.2) is 9.78 Å². The summed E-state index contributed by atoms with van der Waals surface area (Å²) in [6.07, 6.45) is 4.67. The lowest BCUT2D eigenvalue weighted by Crippen LogP contribution is -2.39. The van der Waals surface area contributed by atoms with Crippen LogP contribution in [0.15, 0.2) is 12.3 Å². The Morgan fingerprint density at radius 3 is 2.77 bits per heavy atom. The van der Waals surface area contributed by atoms with Crippen LogP contribution in [0.4, 0.5) is 10.6 Å². The fourth-order valence-electron chi connectivity index (χ4n) is 3.76. The van der Waals surface area contributed by atoms with Crippen LogP contribution < -0.4 is 10.2 Å². The third-order valence-corrected chi connectivity index (χ3v) is 5.41. The summed E-state index contributed by atoms with van der Waals surface area (Å²) < 4.78 is 6.79. The number of anilines is 1. The van der Waals surface area contributed by atoms with Crippen LogP contribution in [0.25, 0.3) is 5.65 Å². The number of ether oxygens (including phenoxy) is 1. The fraction of sp³-hybridized carbons (Fsp3) is 0.619. The van der Waals surface area contributed by atoms with E-state index in [-0.39, 0.29) is 28.3 Å². The standard InChI is InChI=1S/C21H30ClN5O4/c1-20(2,3)31-19(29)26(5)16-10-15(22)25-17-14(12-23-27(16)17)18(28)24-13-8-6-7-9-21(4,30)11-13/h10,12-13,30H,6-9,11H2,1-5H3,(H,24,28)/t13?,21-/m0/s1. The van der Waals surface area contributed by atoms with Gasteiger partial charge < -0.3 is 15.2 Å². The van der Waals surface area contributed by atoms with E-state index in [0.29, 0.717) is 18.7 Å². The molecule has 10 heteroatoms. The lowest BCUT2D eigenvalue weighted by molar-refractivity contribution is 0.0368. The maximum absolute atomic E-state index is 13.0. The van der Waals surface area contributed by atoms with E-state index in [4.69, 9.17) is 16.3 Å². The molecule has 0 radical (unpaired) electrons. The molecule has 2 atom stereocenters. The Hall–Kier alpha value is -2.39. The van der Waals surface area contributed by atoms with Crippen LogP contribution in [0.5, 0.6) is 0 Å². The van der Waals surface area contributed by atoms with Crippen LogP contribution in [-0.4, -0.2) is 56.0 Å². The number of carbonyl (C=O) groups excluding carboxylic acids is 2. The smallest absolute Gasteiger partial charge is 0.415 e. The summed E-state index contributed by atoms with van der Waals surface area (Å²) in [6, 6.07) is 1.33. The van der Waals surface area contributed by atoms with E-state index in [1.165, 1.54) is 28.7 Å². The first-order valence-corrected chi connectivity index (χ1v) is 10.8. The molecule has 0 spiro atoms. The molecule has 2 aromatic heterocycles. The minimum atomic E-state index is -0.805. The van der Waals surface area contributed by atoms with Crippen molar-refractivity contribution in [2.45, 2.75) is 77.0 Å². The van der Waals surface area contributed by atoms with E-state index in [1.54, 1.807) is 27.7 Å². The molecule has 1 fully saturated rings. The topological polar surface area (TPSA) is 109 Å². The number of aliphatic hydroxyl groups is 1. The third kappa shape index (κ3) is 5.65. The Morgan fingerprint density at radius 1 is 1.39 bits per heavy atom. The number of amides is 2. The van der Waals surface area contributed by atoms with Crippen molar-refractivity contribution < 1.29 is 19.4 Å². The molecule has 0 bridgehead atoms. The molecule has 3 rings (SSSR count). The summed E-state index contributed by atoms with van der Waals surface area (Å²) in [5.41, 5.74) is -1.00. The van der Waals surface area contributed by atoms with Crippen molar-refractivity contribution in [2.24, 2.45) is 0 Å². The molecule has 0 saturated heterocycles. The molecule has 31 heavy (non-hydrogen) atoms. The van der Waals surface area contributed by atoms with Gasteiger partial charge in [-0.05, 0) is 47.0 Å². The van der Waals surface area contributed by atoms with Crippen LogP contribution in [0.3, 0.4) is 0 Å². The minimum absolute atomic E-state index is 0.116. The van der Waals surface area contributed by atoms with E-state index in [9.17, 15) is 14.7 Å². The number of carbonyl (C=O) groups is 2. The predicted molar refractivity (Wildman–Crippen MR) is 118 cm³/mol. The Kier molecular flexibility index (Phi) is 6.48. The number of hydrogen-bond donors (Lipinski definition) is 2. The highest BCUT2D eigenvalue weighted by Crippen LogP contribution is 2.27. The minimum Gasteiger partial charge on any atom is -0.443 e. The summed E-state index contributed by atoms with van der Waals surface area (Å²) in [7, 11) is 1.54. The normalized spacial score (nSPS) is 22.1. The molecule has 0 aromatic carbocycles. The highest BCUT2D eigenvalue weighted by atomic mass is 35.5. The zero-order chi connectivity index (χ0) is 23.0. The predicted octanol–water partition coefficient (Wildman–Crippen LogP) is 3.57. The maximum atomic E-state index is 13.0. The lowest BCUT2D eigenvalue weighted by atomic mass is 9.95. The second-order valence-electron chi connectivity index (χ2n) is 9.39. The molecule has 1 saturated carbocycles. The number of nitrogens with zero attached hydrogens (tertiary/aromatic N) is 4. The zero-order valence-electron chi connectivity index (χ0n) is 18.6. The number of rotatable bonds is 3. The Labute approximate surface area is 186 Å². The second kappa shape index (κ2) is 8.63. The SMILES string of the molecule is CN(C(=O)OC(C)(C)C)c1cc(Cl)nc2c(C(=O)NC3CCCC[C@](C)(O)C3)cnn12. The summed E-state index contributed by atoms with van der Waals surface area (Å²) >= 11 is 6.19. The van der Waals surface area contributed by atoms with Crippen molar-refractivity contribution in [3.63, 3.8) is 0 Å². The number of halogens is 1. The third-order valence-electron chi connectivity index (χ3n) is 5.22. The van der Waals surface area contributed by atoms with Gasteiger partial charge in [-0.1, -0.05) is 24.4 Å². The Balaban J connectivity index is 1.88. The van der Waals surface area contributed by atoms with Crippen LogP contribution >= 0.6 is 11.6 Å². The number of aromatic nitrogens is 3. The van der Waals surface area contributed by atoms with Gasteiger partial charge in [0, 0.05) is 19.2 Å². The van der Waals surface area contributed by atoms with Crippen LogP contribution in [0, 0.1) is 0 Å². The van der Waals surface area contributed by atoms with E-state index in [2.05, 4.69) is 15.4 Å². The lowest BCUT2D eigenvalue weighted by Gasteiger charge is -2.25. The molecular weight excluding hydrogens is 422 g/mol. The molecule has 0 aliphatic heterocycles. The van der Waals surface area contributed by atoms with Crippen LogP contribution in [0.2, 0.25) is 5.15 Å². The van der Waals surface area contributed by atoms with Gasteiger partial charge in [0.2, 0.25) is 0 Å². The quantitative estimate of drug-likeness (QED) is 0.545. The van der Waals surface area contributed by atoms with E-state index in [0.717, 1.165) is 19.3 Å². The molecule has 1 unspecified atom stereocenters. The van der Waals surface area contributed by atoms with Gasteiger partial charge in [-0.3, -0.25) is 9.69 Å². The average Bonchev–Trinajstić information content (AvgIpc) is 2.97. The van der Waals surface area contributed by atoms with Gasteiger partial charge in [0.05, 0.1) is 11.8 Å². The van der Waals surface area contributed by atoms with Gasteiger partial charge in [-0.2, -0.15) is 9.61 Å². The van der Waals surface area contributed by atoms with Crippen LogP contribution in [0.1, 0.15) is 70.2 Å². The van der Waals surface area contributed by atoms with Crippen LogP contribution in [-0.2, 0) is 4.74 Å². The van der Waals surface area contributed by atoms with Gasteiger partial charge in [0.15, 0.2) is 5.65 Å². The first-order valence-electron chi connectivity index (χ1n) is 10.4. The Morgan fingerprint density at radius 2 is 2.10 bits per heavy atom. The van der Waals surface area contributed by atoms with Gasteiger partial charge in [0.25, 0.3) is 5.91 Å². The number of fused-ring (bicyclic) bond motifs is 1. The van der Waals surface area contributed by atoms with E-state index >= 15 is 0 Å². The molecule has 2 amide bonds. The van der Waals surface area contributed by atoms with Gasteiger partial charge in [0.1, 0.15) is 22.1 Å². The monoisotopic (exact) mass is 451 g/mol. The van der Waals surface area contributed by atoms with E-state index in [1.807, 2.05) is 0 Å². The van der Waals surface area contributed by atoms with E-state index < -0.39 is 17.3 Å². The van der Waals surface area contributed by atoms with Crippen molar-refractivity contribution in [1.82, 2.24) is 19.9 Å². The van der Waals surface area contributed by atoms with Gasteiger partial charge >= 0.3 is 6.09 Å². The maximum Gasteiger partial charge on any atom is 0.415 e. The fourth-order valence-corrected chi connectivity index (χ4v) is 3.94. The summed E-state index contributed by atoms with van der Waals surface area (Å²) in [4.78, 5) is 31.0.